The van der Waals surface area contributed by atoms with Crippen molar-refractivity contribution in [2.24, 2.45) is 4.99 Å². The van der Waals surface area contributed by atoms with Crippen molar-refractivity contribution >= 4 is 23.0 Å². The molecule has 0 radical (unpaired) electrons. The Morgan fingerprint density at radius 2 is 1.79 bits per heavy atom. The van der Waals surface area contributed by atoms with Crippen molar-refractivity contribution in [3.8, 4) is 5.88 Å². The minimum Gasteiger partial charge on any atom is -0.494 e. The number of aromatic nitrogens is 2. The molecule has 0 spiro atoms. The van der Waals surface area contributed by atoms with Crippen molar-refractivity contribution in [3.63, 3.8) is 0 Å². The lowest BCUT2D eigenvalue weighted by atomic mass is 9.96. The lowest BCUT2D eigenvalue weighted by Crippen LogP contribution is -2.31. The molecular formula is C23H21N3O3. The van der Waals surface area contributed by atoms with E-state index in [1.165, 1.54) is 4.57 Å². The first-order valence-corrected chi connectivity index (χ1v) is 9.62. The molecule has 3 aromatic rings. The second-order valence-corrected chi connectivity index (χ2v) is 6.90. The molecule has 6 nitrogen and oxygen atoms in total. The van der Waals surface area contributed by atoms with Crippen LogP contribution in [0.1, 0.15) is 36.5 Å². The van der Waals surface area contributed by atoms with Crippen molar-refractivity contribution in [1.82, 2.24) is 9.55 Å². The largest absolute Gasteiger partial charge is 0.494 e. The molecule has 0 bridgehead atoms. The van der Waals surface area contributed by atoms with Gasteiger partial charge in [-0.1, -0.05) is 61.9 Å². The normalized spacial score (nSPS) is 14.1. The third kappa shape index (κ3) is 3.45. The number of benzene rings is 2. The second kappa shape index (κ2) is 7.75. The van der Waals surface area contributed by atoms with E-state index in [-0.39, 0.29) is 11.4 Å². The van der Waals surface area contributed by atoms with E-state index in [1.807, 2.05) is 61.5 Å². The molecule has 2 N–H and O–H groups in total. The molecule has 0 aliphatic carbocycles. The van der Waals surface area contributed by atoms with Gasteiger partial charge in [-0.2, -0.15) is 0 Å². The van der Waals surface area contributed by atoms with Crippen LogP contribution < -0.4 is 11.2 Å². The van der Waals surface area contributed by atoms with Crippen molar-refractivity contribution < 1.29 is 5.11 Å². The standard InChI is InChI=1S/C23H21N3O3/c1-2-3-13-26-22(28)18(21(27)25-23(26)29)14-17-16-11-7-8-12-19(16)24-20(17)15-9-5-4-6-10-15/h4-12,14,28H,2-3,13H2,1H3,(H,25,27,29)/b17-14+. The minimum atomic E-state index is -0.621. The summed E-state index contributed by atoms with van der Waals surface area (Å²) in [5.74, 6) is -0.323. The van der Waals surface area contributed by atoms with E-state index >= 15 is 0 Å². The van der Waals surface area contributed by atoms with Crippen LogP contribution in [0.2, 0.25) is 0 Å². The molecule has 0 fully saturated rings. The monoisotopic (exact) mass is 387 g/mol. The molecule has 4 rings (SSSR count). The van der Waals surface area contributed by atoms with Gasteiger partial charge in [0.05, 0.1) is 11.4 Å². The molecule has 0 amide bonds. The van der Waals surface area contributed by atoms with Gasteiger partial charge in [0.25, 0.3) is 5.56 Å². The first kappa shape index (κ1) is 18.7. The molecule has 2 heterocycles. The van der Waals surface area contributed by atoms with E-state index < -0.39 is 11.2 Å². The molecule has 1 aliphatic rings. The topological polar surface area (TPSA) is 87.4 Å². The molecule has 0 saturated carbocycles. The lowest BCUT2D eigenvalue weighted by Gasteiger charge is -2.11. The maximum absolute atomic E-state index is 12.5. The molecule has 2 aromatic carbocycles. The van der Waals surface area contributed by atoms with Crippen LogP contribution in [0.3, 0.4) is 0 Å². The Kier molecular flexibility index (Phi) is 4.99. The van der Waals surface area contributed by atoms with Gasteiger partial charge in [0.2, 0.25) is 5.88 Å². The van der Waals surface area contributed by atoms with Crippen molar-refractivity contribution in [2.45, 2.75) is 26.3 Å². The fraction of sp³-hybridized carbons (Fsp3) is 0.174. The minimum absolute atomic E-state index is 0.0519. The number of para-hydroxylation sites is 1. The smallest absolute Gasteiger partial charge is 0.331 e. The number of nitrogens with one attached hydrogen (secondary N) is 1. The molecule has 29 heavy (non-hydrogen) atoms. The van der Waals surface area contributed by atoms with Crippen LogP contribution >= 0.6 is 0 Å². The van der Waals surface area contributed by atoms with Crippen LogP contribution in [-0.4, -0.2) is 20.4 Å². The van der Waals surface area contributed by atoms with Crippen molar-refractivity contribution in [1.29, 1.82) is 0 Å². The number of nitrogens with zero attached hydrogens (tertiary/aromatic N) is 2. The zero-order valence-electron chi connectivity index (χ0n) is 16.1. The van der Waals surface area contributed by atoms with Crippen LogP contribution in [0, 0.1) is 0 Å². The van der Waals surface area contributed by atoms with E-state index in [0.717, 1.165) is 40.9 Å². The molecule has 0 unspecified atom stereocenters. The molecule has 1 aliphatic heterocycles. The Bertz CT molecular complexity index is 1230. The summed E-state index contributed by atoms with van der Waals surface area (Å²) in [5.41, 5.74) is 2.85. The van der Waals surface area contributed by atoms with Crippen LogP contribution in [-0.2, 0) is 6.54 Å². The summed E-state index contributed by atoms with van der Waals surface area (Å²) >= 11 is 0. The number of allylic oxidation sites excluding steroid dienone is 1. The number of aromatic amines is 1. The summed E-state index contributed by atoms with van der Waals surface area (Å²) in [7, 11) is 0. The molecular weight excluding hydrogens is 366 g/mol. The van der Waals surface area contributed by atoms with Gasteiger partial charge in [-0.15, -0.1) is 0 Å². The molecule has 6 heteroatoms. The third-order valence-corrected chi connectivity index (χ3v) is 4.96. The number of aliphatic imine (C=N–C) groups is 1. The van der Waals surface area contributed by atoms with Gasteiger partial charge < -0.3 is 5.11 Å². The summed E-state index contributed by atoms with van der Waals surface area (Å²) < 4.78 is 1.21. The number of hydrogen-bond donors (Lipinski definition) is 2. The quantitative estimate of drug-likeness (QED) is 0.699. The summed E-state index contributed by atoms with van der Waals surface area (Å²) in [6.45, 7) is 2.33. The fourth-order valence-electron chi connectivity index (χ4n) is 3.44. The lowest BCUT2D eigenvalue weighted by molar-refractivity contribution is 0.394. The van der Waals surface area contributed by atoms with E-state index in [1.54, 1.807) is 6.08 Å². The van der Waals surface area contributed by atoms with E-state index in [0.29, 0.717) is 6.54 Å². The average Bonchev–Trinajstić information content (AvgIpc) is 3.10. The number of unbranched alkanes of at least 4 members (excludes halogenated alkanes) is 1. The number of hydrogen-bond acceptors (Lipinski definition) is 4. The van der Waals surface area contributed by atoms with Gasteiger partial charge in [0.15, 0.2) is 0 Å². The SMILES string of the molecule is CCCCn1c(O)c(/C=C2/C(c3ccccc3)=Nc3ccccc32)c(=O)[nH]c1=O. The van der Waals surface area contributed by atoms with E-state index in [4.69, 9.17) is 4.99 Å². The number of H-pyrrole nitrogens is 1. The van der Waals surface area contributed by atoms with Gasteiger partial charge in [0, 0.05) is 23.2 Å². The molecule has 1 aromatic heterocycles. The summed E-state index contributed by atoms with van der Waals surface area (Å²) in [6.07, 6.45) is 3.20. The van der Waals surface area contributed by atoms with Gasteiger partial charge >= 0.3 is 5.69 Å². The Morgan fingerprint density at radius 1 is 1.07 bits per heavy atom. The van der Waals surface area contributed by atoms with E-state index in [2.05, 4.69) is 4.98 Å². The first-order valence-electron chi connectivity index (χ1n) is 9.62. The maximum atomic E-state index is 12.5. The zero-order valence-corrected chi connectivity index (χ0v) is 16.1. The summed E-state index contributed by atoms with van der Waals surface area (Å²) in [4.78, 5) is 31.7. The number of rotatable bonds is 5. The van der Waals surface area contributed by atoms with Gasteiger partial charge in [-0.3, -0.25) is 14.3 Å². The van der Waals surface area contributed by atoms with Crippen molar-refractivity contribution in [2.75, 3.05) is 0 Å². The fourth-order valence-corrected chi connectivity index (χ4v) is 3.44. The second-order valence-electron chi connectivity index (χ2n) is 6.90. The highest BCUT2D eigenvalue weighted by Crippen LogP contribution is 2.38. The van der Waals surface area contributed by atoms with Crippen LogP contribution in [0.5, 0.6) is 5.88 Å². The summed E-state index contributed by atoms with van der Waals surface area (Å²) in [6, 6.07) is 17.3. The Morgan fingerprint density at radius 3 is 2.55 bits per heavy atom. The molecule has 0 atom stereocenters. The van der Waals surface area contributed by atoms with Crippen LogP contribution in [0.4, 0.5) is 5.69 Å². The third-order valence-electron chi connectivity index (χ3n) is 4.96. The maximum Gasteiger partial charge on any atom is 0.331 e. The zero-order chi connectivity index (χ0) is 20.4. The highest BCUT2D eigenvalue weighted by atomic mass is 16.3. The van der Waals surface area contributed by atoms with Crippen LogP contribution in [0.15, 0.2) is 69.2 Å². The summed E-state index contributed by atoms with van der Waals surface area (Å²) in [5, 5.41) is 10.7. The number of aromatic hydroxyl groups is 1. The van der Waals surface area contributed by atoms with E-state index in [9.17, 15) is 14.7 Å². The predicted octanol–water partition coefficient (Wildman–Crippen LogP) is 3.72. The predicted molar refractivity (Wildman–Crippen MR) is 115 cm³/mol. The highest BCUT2D eigenvalue weighted by molar-refractivity contribution is 6.39. The van der Waals surface area contributed by atoms with Crippen molar-refractivity contribution in [3.05, 3.63) is 92.1 Å². The Hall–Kier alpha value is -3.67. The van der Waals surface area contributed by atoms with Gasteiger partial charge in [-0.25, -0.2) is 9.79 Å². The Labute approximate surface area is 167 Å². The average molecular weight is 387 g/mol. The van der Waals surface area contributed by atoms with Gasteiger partial charge in [0.1, 0.15) is 5.56 Å². The Balaban J connectivity index is 1.92. The van der Waals surface area contributed by atoms with Crippen LogP contribution in [0.25, 0.3) is 11.6 Å². The molecule has 146 valence electrons. The first-order chi connectivity index (χ1) is 14.1. The highest BCUT2D eigenvalue weighted by Gasteiger charge is 2.23. The number of fused-ring (bicyclic) bond motifs is 1. The van der Waals surface area contributed by atoms with Gasteiger partial charge in [-0.05, 0) is 18.6 Å². The molecule has 0 saturated heterocycles.